The molecule has 0 radical (unpaired) electrons. The number of likely N-dealkylation sites (tertiary alicyclic amines) is 1. The van der Waals surface area contributed by atoms with E-state index in [9.17, 15) is 0 Å². The first-order valence-electron chi connectivity index (χ1n) is 6.68. The van der Waals surface area contributed by atoms with Crippen LogP contribution in [0.1, 0.15) is 18.4 Å². The average molecular weight is 274 g/mol. The smallest absolute Gasteiger partial charge is 0.217 e. The Labute approximate surface area is 118 Å². The molecule has 4 nitrogen and oxygen atoms in total. The van der Waals surface area contributed by atoms with E-state index in [0.29, 0.717) is 4.77 Å². The maximum absolute atomic E-state index is 5.33. The van der Waals surface area contributed by atoms with Gasteiger partial charge in [-0.05, 0) is 45.1 Å². The van der Waals surface area contributed by atoms with Gasteiger partial charge in [-0.1, -0.05) is 29.8 Å². The summed E-state index contributed by atoms with van der Waals surface area (Å²) in [7, 11) is 0. The summed E-state index contributed by atoms with van der Waals surface area (Å²) in [5.74, 6) is 0.851. The molecule has 0 aliphatic carbocycles. The maximum Gasteiger partial charge on any atom is 0.217 e. The molecular weight excluding hydrogens is 256 g/mol. The van der Waals surface area contributed by atoms with E-state index in [4.69, 9.17) is 12.2 Å². The number of nitrogens with one attached hydrogen (secondary N) is 1. The molecule has 19 heavy (non-hydrogen) atoms. The lowest BCUT2D eigenvalue weighted by Crippen LogP contribution is -2.23. The molecule has 1 saturated heterocycles. The summed E-state index contributed by atoms with van der Waals surface area (Å²) < 4.78 is 2.58. The Morgan fingerprint density at radius 2 is 1.89 bits per heavy atom. The van der Waals surface area contributed by atoms with Crippen molar-refractivity contribution in [2.24, 2.45) is 0 Å². The number of hydrogen-bond donors (Lipinski definition) is 1. The minimum Gasteiger partial charge on any atom is -0.284 e. The number of aryl methyl sites for hydroxylation is 1. The van der Waals surface area contributed by atoms with Crippen LogP contribution in [0.2, 0.25) is 0 Å². The predicted octanol–water partition coefficient (Wildman–Crippen LogP) is 2.97. The lowest BCUT2D eigenvalue weighted by Gasteiger charge is -2.14. The number of aromatic nitrogens is 3. The topological polar surface area (TPSA) is 36.9 Å². The van der Waals surface area contributed by atoms with Gasteiger partial charge in [0.25, 0.3) is 0 Å². The van der Waals surface area contributed by atoms with Gasteiger partial charge in [0.2, 0.25) is 4.77 Å². The van der Waals surface area contributed by atoms with Crippen LogP contribution in [0.15, 0.2) is 24.3 Å². The van der Waals surface area contributed by atoms with Gasteiger partial charge < -0.3 is 0 Å². The van der Waals surface area contributed by atoms with Crippen molar-refractivity contribution in [3.8, 4) is 11.4 Å². The van der Waals surface area contributed by atoms with Crippen molar-refractivity contribution in [1.82, 2.24) is 19.7 Å². The molecule has 1 aromatic heterocycles. The fraction of sp³-hybridized carbons (Fsp3) is 0.429. The van der Waals surface area contributed by atoms with Gasteiger partial charge in [0, 0.05) is 5.56 Å². The van der Waals surface area contributed by atoms with Crippen LogP contribution in [0.4, 0.5) is 0 Å². The van der Waals surface area contributed by atoms with E-state index >= 15 is 0 Å². The fourth-order valence-corrected chi connectivity index (χ4v) is 2.61. The van der Waals surface area contributed by atoms with Gasteiger partial charge in [0.05, 0.1) is 6.67 Å². The number of rotatable bonds is 3. The highest BCUT2D eigenvalue weighted by molar-refractivity contribution is 7.71. The van der Waals surface area contributed by atoms with Crippen LogP contribution < -0.4 is 0 Å². The summed E-state index contributed by atoms with van der Waals surface area (Å²) in [4.78, 5) is 6.84. The van der Waals surface area contributed by atoms with Gasteiger partial charge in [0.15, 0.2) is 5.82 Å². The monoisotopic (exact) mass is 274 g/mol. The van der Waals surface area contributed by atoms with Crippen LogP contribution >= 0.6 is 12.2 Å². The molecule has 0 amide bonds. The molecule has 1 aromatic carbocycles. The Hall–Kier alpha value is -1.46. The molecule has 2 heterocycles. The standard InChI is InChI=1S/C14H18N4S/c1-11-4-6-12(7-5-11)13-15-14(19)18(16-13)10-17-8-2-3-9-17/h4-7H,2-3,8-10H2,1H3,(H,15,16,19). The highest BCUT2D eigenvalue weighted by Crippen LogP contribution is 2.16. The molecule has 100 valence electrons. The number of aromatic amines is 1. The van der Waals surface area contributed by atoms with Gasteiger partial charge in [-0.15, -0.1) is 0 Å². The summed E-state index contributed by atoms with van der Waals surface area (Å²) in [6.07, 6.45) is 2.57. The maximum atomic E-state index is 5.33. The van der Waals surface area contributed by atoms with Crippen LogP contribution in [0.3, 0.4) is 0 Å². The fourth-order valence-electron chi connectivity index (χ4n) is 2.42. The zero-order valence-electron chi connectivity index (χ0n) is 11.1. The molecule has 0 saturated carbocycles. The summed E-state index contributed by atoms with van der Waals surface area (Å²) in [6, 6.07) is 8.32. The number of hydrogen-bond acceptors (Lipinski definition) is 3. The van der Waals surface area contributed by atoms with E-state index in [2.05, 4.69) is 46.2 Å². The molecule has 1 aliphatic heterocycles. The second-order valence-electron chi connectivity index (χ2n) is 5.12. The highest BCUT2D eigenvalue weighted by atomic mass is 32.1. The van der Waals surface area contributed by atoms with Crippen molar-refractivity contribution in [3.63, 3.8) is 0 Å². The van der Waals surface area contributed by atoms with Crippen LogP contribution in [-0.2, 0) is 6.67 Å². The van der Waals surface area contributed by atoms with Gasteiger partial charge >= 0.3 is 0 Å². The lowest BCUT2D eigenvalue weighted by atomic mass is 10.1. The van der Waals surface area contributed by atoms with E-state index in [-0.39, 0.29) is 0 Å². The van der Waals surface area contributed by atoms with Gasteiger partial charge in [-0.3, -0.25) is 10.00 Å². The summed E-state index contributed by atoms with van der Waals surface area (Å²) in [5.41, 5.74) is 2.33. The van der Waals surface area contributed by atoms with E-state index in [0.717, 1.165) is 31.1 Å². The molecule has 5 heteroatoms. The average Bonchev–Trinajstić information content (AvgIpc) is 3.02. The van der Waals surface area contributed by atoms with E-state index in [1.165, 1.54) is 18.4 Å². The molecule has 0 spiro atoms. The number of H-pyrrole nitrogens is 1. The Bertz CT molecular complexity index is 605. The quantitative estimate of drug-likeness (QED) is 0.874. The van der Waals surface area contributed by atoms with E-state index in [1.807, 2.05) is 4.68 Å². The second-order valence-corrected chi connectivity index (χ2v) is 5.48. The van der Waals surface area contributed by atoms with Crippen molar-refractivity contribution in [3.05, 3.63) is 34.6 Å². The Morgan fingerprint density at radius 1 is 1.21 bits per heavy atom. The number of benzene rings is 1. The Morgan fingerprint density at radius 3 is 2.58 bits per heavy atom. The molecular formula is C14H18N4S. The van der Waals surface area contributed by atoms with Crippen LogP contribution in [0, 0.1) is 11.7 Å². The molecule has 0 bridgehead atoms. The van der Waals surface area contributed by atoms with Crippen LogP contribution in [0.5, 0.6) is 0 Å². The number of nitrogens with zero attached hydrogens (tertiary/aromatic N) is 3. The zero-order chi connectivity index (χ0) is 13.2. The van der Waals surface area contributed by atoms with E-state index in [1.54, 1.807) is 0 Å². The first-order valence-corrected chi connectivity index (χ1v) is 7.09. The first kappa shape index (κ1) is 12.6. The summed E-state index contributed by atoms with van der Waals surface area (Å²) >= 11 is 5.33. The van der Waals surface area contributed by atoms with Gasteiger partial charge in [-0.25, -0.2) is 4.68 Å². The second kappa shape index (κ2) is 5.27. The van der Waals surface area contributed by atoms with Crippen molar-refractivity contribution in [1.29, 1.82) is 0 Å². The van der Waals surface area contributed by atoms with Crippen LogP contribution in [0.25, 0.3) is 11.4 Å². The molecule has 3 rings (SSSR count). The SMILES string of the molecule is Cc1ccc(-c2nc(=S)n(CN3CCCC3)[nH]2)cc1. The van der Waals surface area contributed by atoms with Gasteiger partial charge in [-0.2, -0.15) is 4.98 Å². The third-order valence-corrected chi connectivity index (χ3v) is 3.86. The van der Waals surface area contributed by atoms with Crippen molar-refractivity contribution in [2.45, 2.75) is 26.4 Å². The van der Waals surface area contributed by atoms with Crippen molar-refractivity contribution >= 4 is 12.2 Å². The van der Waals surface area contributed by atoms with Crippen molar-refractivity contribution in [2.75, 3.05) is 13.1 Å². The summed E-state index contributed by atoms with van der Waals surface area (Å²) in [5, 5.41) is 3.30. The molecule has 2 aromatic rings. The Balaban J connectivity index is 1.84. The molecule has 1 fully saturated rings. The Kier molecular flexibility index (Phi) is 3.48. The normalized spacial score (nSPS) is 16.1. The minimum atomic E-state index is 0.627. The lowest BCUT2D eigenvalue weighted by molar-refractivity contribution is 0.253. The molecule has 1 aliphatic rings. The molecule has 1 N–H and O–H groups in total. The molecule has 0 unspecified atom stereocenters. The summed E-state index contributed by atoms with van der Waals surface area (Å²) in [6.45, 7) is 5.21. The van der Waals surface area contributed by atoms with Gasteiger partial charge in [0.1, 0.15) is 0 Å². The largest absolute Gasteiger partial charge is 0.284 e. The van der Waals surface area contributed by atoms with Crippen molar-refractivity contribution < 1.29 is 0 Å². The highest BCUT2D eigenvalue weighted by Gasteiger charge is 2.13. The zero-order valence-corrected chi connectivity index (χ0v) is 11.9. The predicted molar refractivity (Wildman–Crippen MR) is 78.4 cm³/mol. The van der Waals surface area contributed by atoms with Crippen LogP contribution in [-0.4, -0.2) is 32.8 Å². The third kappa shape index (κ3) is 2.77. The minimum absolute atomic E-state index is 0.627. The third-order valence-electron chi connectivity index (χ3n) is 3.54. The molecule has 0 atom stereocenters. The first-order chi connectivity index (χ1) is 9.22. The van der Waals surface area contributed by atoms with E-state index < -0.39 is 0 Å².